The van der Waals surface area contributed by atoms with E-state index in [1.165, 1.54) is 109 Å². The van der Waals surface area contributed by atoms with Gasteiger partial charge in [-0.2, -0.15) is 0 Å². The molecule has 0 aliphatic carbocycles. The lowest BCUT2D eigenvalue weighted by atomic mass is 9.99. The van der Waals surface area contributed by atoms with Crippen LogP contribution >= 0.6 is 0 Å². The Bertz CT molecular complexity index is 276. The summed E-state index contributed by atoms with van der Waals surface area (Å²) in [5.41, 5.74) is 11.2. The van der Waals surface area contributed by atoms with E-state index in [9.17, 15) is 0 Å². The maximum atomic E-state index is 5.58. The first kappa shape index (κ1) is 28.8. The Balaban J connectivity index is 3.35. The van der Waals surface area contributed by atoms with Crippen LogP contribution in [0.1, 0.15) is 116 Å². The molecule has 6 N–H and O–H groups in total. The van der Waals surface area contributed by atoms with E-state index in [4.69, 9.17) is 11.5 Å². The normalized spacial score (nSPS) is 11.6. The molecule has 0 saturated carbocycles. The number of unbranched alkanes of at least 4 members (excludes halogenated alkanes) is 15. The second-order valence-corrected chi connectivity index (χ2v) is 8.94. The molecule has 0 rings (SSSR count). The predicted molar refractivity (Wildman–Crippen MR) is 132 cm³/mol. The quantitative estimate of drug-likeness (QED) is 0.152. The third-order valence-electron chi connectivity index (χ3n) is 5.97. The summed E-state index contributed by atoms with van der Waals surface area (Å²) in [6, 6.07) is 0. The van der Waals surface area contributed by atoms with Gasteiger partial charge in [0.2, 0.25) is 0 Å². The van der Waals surface area contributed by atoms with Crippen molar-refractivity contribution in [3.8, 4) is 0 Å². The molecule has 0 amide bonds. The van der Waals surface area contributed by atoms with E-state index in [1.807, 2.05) is 0 Å². The van der Waals surface area contributed by atoms with Crippen LogP contribution < -0.4 is 22.1 Å². The highest BCUT2D eigenvalue weighted by molar-refractivity contribution is 4.66. The molecule has 0 aliphatic rings. The molecule has 0 aromatic rings. The molecular formula is C25H56N4. The summed E-state index contributed by atoms with van der Waals surface area (Å²) in [5, 5.41) is 6.94. The van der Waals surface area contributed by atoms with Gasteiger partial charge in [0.1, 0.15) is 0 Å². The fourth-order valence-electron chi connectivity index (χ4n) is 4.07. The Kier molecular flexibility index (Phi) is 25.7. The van der Waals surface area contributed by atoms with Gasteiger partial charge in [-0.3, -0.25) is 0 Å². The lowest BCUT2D eigenvalue weighted by Crippen LogP contribution is -2.35. The molecule has 0 aromatic heterocycles. The zero-order valence-corrected chi connectivity index (χ0v) is 20.0. The lowest BCUT2D eigenvalue weighted by Gasteiger charge is -2.18. The molecule has 0 aliphatic heterocycles. The number of rotatable bonds is 25. The number of hydrogen-bond donors (Lipinski definition) is 4. The topological polar surface area (TPSA) is 76.1 Å². The van der Waals surface area contributed by atoms with Crippen LogP contribution in [-0.2, 0) is 0 Å². The number of hydrogen-bond acceptors (Lipinski definition) is 4. The second-order valence-electron chi connectivity index (χ2n) is 8.94. The van der Waals surface area contributed by atoms with Gasteiger partial charge in [0.25, 0.3) is 0 Å². The van der Waals surface area contributed by atoms with Crippen molar-refractivity contribution < 1.29 is 0 Å². The van der Waals surface area contributed by atoms with Crippen LogP contribution in [0.3, 0.4) is 0 Å². The molecule has 4 nitrogen and oxygen atoms in total. The smallest absolute Gasteiger partial charge is 0.00746 e. The molecule has 0 heterocycles. The summed E-state index contributed by atoms with van der Waals surface area (Å²) in [5.74, 6) is 0.708. The van der Waals surface area contributed by atoms with Crippen molar-refractivity contribution in [1.29, 1.82) is 0 Å². The van der Waals surface area contributed by atoms with Crippen molar-refractivity contribution in [2.45, 2.75) is 116 Å². The highest BCUT2D eigenvalue weighted by Crippen LogP contribution is 2.15. The first-order chi connectivity index (χ1) is 14.3. The number of nitrogens with one attached hydrogen (secondary N) is 2. The average molecular weight is 413 g/mol. The van der Waals surface area contributed by atoms with E-state index in [0.29, 0.717) is 5.92 Å². The molecule has 0 fully saturated rings. The monoisotopic (exact) mass is 412 g/mol. The first-order valence-electron chi connectivity index (χ1n) is 13.2. The molecule has 0 radical (unpaired) electrons. The van der Waals surface area contributed by atoms with Gasteiger partial charge < -0.3 is 22.1 Å². The standard InChI is InChI=1S/C25H56N4/c1-2-3-4-5-6-7-8-9-10-11-12-13-14-15-16-17-18-25(23-28-21-19-26)24-29-22-20-27/h25,28-29H,2-24,26-27H2,1H3. The average Bonchev–Trinajstić information content (AvgIpc) is 2.73. The Hall–Kier alpha value is -0.160. The highest BCUT2D eigenvalue weighted by atomic mass is 14.9. The first-order valence-corrected chi connectivity index (χ1v) is 13.2. The van der Waals surface area contributed by atoms with E-state index in [-0.39, 0.29) is 0 Å². The van der Waals surface area contributed by atoms with E-state index in [0.717, 1.165) is 39.3 Å². The van der Waals surface area contributed by atoms with E-state index in [1.54, 1.807) is 0 Å². The summed E-state index contributed by atoms with van der Waals surface area (Å²) in [6.45, 7) is 7.74. The molecule has 29 heavy (non-hydrogen) atoms. The van der Waals surface area contributed by atoms with Crippen LogP contribution in [0.25, 0.3) is 0 Å². The van der Waals surface area contributed by atoms with E-state index < -0.39 is 0 Å². The molecular weight excluding hydrogens is 356 g/mol. The van der Waals surface area contributed by atoms with Gasteiger partial charge in [-0.15, -0.1) is 0 Å². The van der Waals surface area contributed by atoms with Crippen molar-refractivity contribution >= 4 is 0 Å². The molecule has 176 valence electrons. The van der Waals surface area contributed by atoms with E-state index >= 15 is 0 Å². The second kappa shape index (κ2) is 25.9. The van der Waals surface area contributed by atoms with E-state index in [2.05, 4.69) is 17.6 Å². The van der Waals surface area contributed by atoms with Crippen LogP contribution in [0.2, 0.25) is 0 Å². The zero-order valence-electron chi connectivity index (χ0n) is 20.0. The Morgan fingerprint density at radius 1 is 0.517 bits per heavy atom. The third kappa shape index (κ3) is 24.0. The van der Waals surface area contributed by atoms with Gasteiger partial charge in [-0.05, 0) is 25.4 Å². The van der Waals surface area contributed by atoms with Gasteiger partial charge >= 0.3 is 0 Å². The summed E-state index contributed by atoms with van der Waals surface area (Å²) >= 11 is 0. The minimum Gasteiger partial charge on any atom is -0.329 e. The molecule has 0 bridgehead atoms. The fourth-order valence-corrected chi connectivity index (χ4v) is 4.07. The van der Waals surface area contributed by atoms with Gasteiger partial charge in [0.05, 0.1) is 0 Å². The molecule has 0 spiro atoms. The highest BCUT2D eigenvalue weighted by Gasteiger charge is 2.07. The minimum atomic E-state index is 0.708. The molecule has 0 saturated heterocycles. The van der Waals surface area contributed by atoms with Gasteiger partial charge in [0, 0.05) is 26.2 Å². The number of nitrogens with two attached hydrogens (primary N) is 2. The Morgan fingerprint density at radius 2 is 0.862 bits per heavy atom. The van der Waals surface area contributed by atoms with Crippen molar-refractivity contribution in [2.24, 2.45) is 17.4 Å². The van der Waals surface area contributed by atoms with Gasteiger partial charge in [-0.25, -0.2) is 0 Å². The summed E-state index contributed by atoms with van der Waals surface area (Å²) in [6.07, 6.45) is 24.3. The third-order valence-corrected chi connectivity index (χ3v) is 5.97. The Morgan fingerprint density at radius 3 is 1.21 bits per heavy atom. The summed E-state index contributed by atoms with van der Waals surface area (Å²) < 4.78 is 0. The lowest BCUT2D eigenvalue weighted by molar-refractivity contribution is 0.401. The molecule has 0 atom stereocenters. The molecule has 4 heteroatoms. The SMILES string of the molecule is CCCCCCCCCCCCCCCCCCC(CNCCN)CNCCN. The summed E-state index contributed by atoms with van der Waals surface area (Å²) in [7, 11) is 0. The Labute approximate surface area is 183 Å². The molecule has 0 unspecified atom stereocenters. The summed E-state index contributed by atoms with van der Waals surface area (Å²) in [4.78, 5) is 0. The van der Waals surface area contributed by atoms with Crippen LogP contribution in [0.5, 0.6) is 0 Å². The van der Waals surface area contributed by atoms with Crippen LogP contribution in [0.4, 0.5) is 0 Å². The van der Waals surface area contributed by atoms with Crippen LogP contribution in [0.15, 0.2) is 0 Å². The van der Waals surface area contributed by atoms with Gasteiger partial charge in [-0.1, -0.05) is 110 Å². The maximum absolute atomic E-state index is 5.58. The largest absolute Gasteiger partial charge is 0.329 e. The van der Waals surface area contributed by atoms with Crippen LogP contribution in [0, 0.1) is 5.92 Å². The fraction of sp³-hybridized carbons (Fsp3) is 1.00. The molecule has 0 aromatic carbocycles. The van der Waals surface area contributed by atoms with Crippen molar-refractivity contribution in [3.05, 3.63) is 0 Å². The van der Waals surface area contributed by atoms with Gasteiger partial charge in [0.15, 0.2) is 0 Å². The maximum Gasteiger partial charge on any atom is 0.00746 e. The van der Waals surface area contributed by atoms with Crippen LogP contribution in [-0.4, -0.2) is 39.3 Å². The predicted octanol–water partition coefficient (Wildman–Crippen LogP) is 5.35. The minimum absolute atomic E-state index is 0.708. The van der Waals surface area contributed by atoms with Crippen molar-refractivity contribution in [2.75, 3.05) is 39.3 Å². The van der Waals surface area contributed by atoms with Crippen molar-refractivity contribution in [1.82, 2.24) is 10.6 Å². The van der Waals surface area contributed by atoms with Crippen molar-refractivity contribution in [3.63, 3.8) is 0 Å². The zero-order chi connectivity index (χ0) is 21.3.